The van der Waals surface area contributed by atoms with Crippen LogP contribution < -0.4 is 0 Å². The third-order valence-corrected chi connectivity index (χ3v) is 2.70. The number of hydrogen-bond donors (Lipinski definition) is 0. The van der Waals surface area contributed by atoms with Crippen LogP contribution in [0.5, 0.6) is 0 Å². The van der Waals surface area contributed by atoms with Crippen molar-refractivity contribution >= 4 is 0 Å². The van der Waals surface area contributed by atoms with E-state index in [2.05, 4.69) is 39.8 Å². The van der Waals surface area contributed by atoms with Crippen LogP contribution in [0.4, 0.5) is 0 Å². The van der Waals surface area contributed by atoms with Gasteiger partial charge in [-0.25, -0.2) is 0 Å². The zero-order chi connectivity index (χ0) is 9.84. The lowest BCUT2D eigenvalue weighted by molar-refractivity contribution is 0.838. The second-order valence-corrected chi connectivity index (χ2v) is 3.81. The normalized spacial score (nSPS) is 10.5. The van der Waals surface area contributed by atoms with Crippen LogP contribution in [0.1, 0.15) is 35.1 Å². The van der Waals surface area contributed by atoms with Crippen molar-refractivity contribution in [2.24, 2.45) is 0 Å². The van der Waals surface area contributed by atoms with Gasteiger partial charge in [0.2, 0.25) is 0 Å². The molecule has 13 heavy (non-hydrogen) atoms. The van der Waals surface area contributed by atoms with Crippen LogP contribution in [0, 0.1) is 27.7 Å². The van der Waals surface area contributed by atoms with Crippen LogP contribution in [0.3, 0.4) is 0 Å². The SMILES string of the molecule is [CH2]CCCc1cc(C)c(C)c(C)c1. The average molecular weight is 175 g/mol. The zero-order valence-corrected chi connectivity index (χ0v) is 8.98. The number of unbranched alkanes of at least 4 members (excludes halogenated alkanes) is 1. The molecule has 0 fully saturated rings. The highest BCUT2D eigenvalue weighted by Gasteiger charge is 2.00. The van der Waals surface area contributed by atoms with Gasteiger partial charge in [0.1, 0.15) is 0 Å². The Morgan fingerprint density at radius 2 is 1.62 bits per heavy atom. The summed E-state index contributed by atoms with van der Waals surface area (Å²) in [5, 5.41) is 0. The van der Waals surface area contributed by atoms with Crippen LogP contribution in [-0.4, -0.2) is 0 Å². The van der Waals surface area contributed by atoms with E-state index in [-0.39, 0.29) is 0 Å². The Bertz CT molecular complexity index is 261. The monoisotopic (exact) mass is 175 g/mol. The molecule has 0 heteroatoms. The second-order valence-electron chi connectivity index (χ2n) is 3.81. The van der Waals surface area contributed by atoms with Gasteiger partial charge >= 0.3 is 0 Å². The maximum atomic E-state index is 3.86. The predicted octanol–water partition coefficient (Wildman–Crippen LogP) is 3.77. The fourth-order valence-corrected chi connectivity index (χ4v) is 1.60. The fraction of sp³-hybridized carbons (Fsp3) is 0.462. The first-order chi connectivity index (χ1) is 6.15. The molecule has 1 radical (unpaired) electrons. The van der Waals surface area contributed by atoms with Crippen molar-refractivity contribution in [1.29, 1.82) is 0 Å². The first-order valence-corrected chi connectivity index (χ1v) is 5.01. The summed E-state index contributed by atoms with van der Waals surface area (Å²) >= 11 is 0. The minimum absolute atomic E-state index is 1.03. The molecule has 0 bridgehead atoms. The minimum atomic E-state index is 1.03. The largest absolute Gasteiger partial charge is 0.0558 e. The molecular formula is C13H19. The van der Waals surface area contributed by atoms with Crippen molar-refractivity contribution < 1.29 is 0 Å². The van der Waals surface area contributed by atoms with Gasteiger partial charge < -0.3 is 0 Å². The molecule has 0 atom stereocenters. The number of rotatable bonds is 3. The Labute approximate surface area is 82.0 Å². The van der Waals surface area contributed by atoms with Crippen molar-refractivity contribution in [2.45, 2.75) is 40.0 Å². The molecule has 0 saturated heterocycles. The molecule has 71 valence electrons. The van der Waals surface area contributed by atoms with Gasteiger partial charge in [-0.05, 0) is 55.9 Å². The molecule has 1 aromatic carbocycles. The topological polar surface area (TPSA) is 0 Å². The summed E-state index contributed by atoms with van der Waals surface area (Å²) in [4.78, 5) is 0. The molecule has 0 N–H and O–H groups in total. The molecule has 0 heterocycles. The Hall–Kier alpha value is -0.780. The lowest BCUT2D eigenvalue weighted by atomic mass is 9.98. The van der Waals surface area contributed by atoms with Gasteiger partial charge in [0, 0.05) is 0 Å². The summed E-state index contributed by atoms with van der Waals surface area (Å²) in [6.45, 7) is 10.4. The minimum Gasteiger partial charge on any atom is -0.0558 e. The van der Waals surface area contributed by atoms with Gasteiger partial charge in [-0.2, -0.15) is 0 Å². The molecule has 1 rings (SSSR count). The van der Waals surface area contributed by atoms with E-state index < -0.39 is 0 Å². The van der Waals surface area contributed by atoms with Crippen LogP contribution >= 0.6 is 0 Å². The van der Waals surface area contributed by atoms with Crippen molar-refractivity contribution in [1.82, 2.24) is 0 Å². The molecule has 0 aliphatic carbocycles. The van der Waals surface area contributed by atoms with E-state index >= 15 is 0 Å². The van der Waals surface area contributed by atoms with E-state index in [1.165, 1.54) is 35.1 Å². The highest BCUT2D eigenvalue weighted by Crippen LogP contribution is 2.16. The van der Waals surface area contributed by atoms with E-state index in [0.29, 0.717) is 0 Å². The summed E-state index contributed by atoms with van der Waals surface area (Å²) < 4.78 is 0. The van der Waals surface area contributed by atoms with Crippen LogP contribution in [0.15, 0.2) is 12.1 Å². The van der Waals surface area contributed by atoms with Gasteiger partial charge in [-0.15, -0.1) is 0 Å². The van der Waals surface area contributed by atoms with Crippen molar-refractivity contribution in [3.05, 3.63) is 41.3 Å². The third-order valence-electron chi connectivity index (χ3n) is 2.70. The highest BCUT2D eigenvalue weighted by atomic mass is 14.1. The van der Waals surface area contributed by atoms with E-state index in [9.17, 15) is 0 Å². The van der Waals surface area contributed by atoms with Gasteiger partial charge in [0.05, 0.1) is 0 Å². The molecule has 0 amide bonds. The first kappa shape index (κ1) is 10.3. The first-order valence-electron chi connectivity index (χ1n) is 5.01. The molecular weight excluding hydrogens is 156 g/mol. The maximum absolute atomic E-state index is 3.86. The summed E-state index contributed by atoms with van der Waals surface area (Å²) in [7, 11) is 0. The summed E-state index contributed by atoms with van der Waals surface area (Å²) in [5.74, 6) is 0. The molecule has 0 spiro atoms. The lowest BCUT2D eigenvalue weighted by Crippen LogP contribution is -1.92. The molecule has 0 aliphatic heterocycles. The highest BCUT2D eigenvalue weighted by molar-refractivity contribution is 5.36. The van der Waals surface area contributed by atoms with E-state index in [0.717, 1.165) is 6.42 Å². The Balaban J connectivity index is 2.86. The summed E-state index contributed by atoms with van der Waals surface area (Å²) in [5.41, 5.74) is 5.72. The van der Waals surface area contributed by atoms with Gasteiger partial charge in [0.25, 0.3) is 0 Å². The smallest absolute Gasteiger partial charge is 0.0279 e. The van der Waals surface area contributed by atoms with Gasteiger partial charge in [0.15, 0.2) is 0 Å². The van der Waals surface area contributed by atoms with Gasteiger partial charge in [-0.1, -0.05) is 25.5 Å². The standard InChI is InChI=1S/C13H19/c1-5-6-7-13-8-10(2)12(4)11(3)9-13/h8-9H,1,5-7H2,2-4H3. The van der Waals surface area contributed by atoms with Gasteiger partial charge in [-0.3, -0.25) is 0 Å². The fourth-order valence-electron chi connectivity index (χ4n) is 1.60. The van der Waals surface area contributed by atoms with E-state index in [4.69, 9.17) is 0 Å². The molecule has 0 nitrogen and oxygen atoms in total. The quantitative estimate of drug-likeness (QED) is 0.656. The average Bonchev–Trinajstić information content (AvgIpc) is 2.10. The maximum Gasteiger partial charge on any atom is -0.0279 e. The lowest BCUT2D eigenvalue weighted by Gasteiger charge is -2.08. The number of hydrogen-bond acceptors (Lipinski definition) is 0. The Kier molecular flexibility index (Phi) is 3.53. The van der Waals surface area contributed by atoms with E-state index in [1.807, 2.05) is 0 Å². The summed E-state index contributed by atoms with van der Waals surface area (Å²) in [6, 6.07) is 4.61. The number of aryl methyl sites for hydroxylation is 3. The summed E-state index contributed by atoms with van der Waals surface area (Å²) in [6.07, 6.45) is 3.40. The molecule has 0 unspecified atom stereocenters. The predicted molar refractivity (Wildman–Crippen MR) is 58.9 cm³/mol. The Morgan fingerprint density at radius 3 is 2.08 bits per heavy atom. The number of benzene rings is 1. The Morgan fingerprint density at radius 1 is 1.08 bits per heavy atom. The molecule has 1 aromatic rings. The van der Waals surface area contributed by atoms with Crippen LogP contribution in [0.25, 0.3) is 0 Å². The van der Waals surface area contributed by atoms with E-state index in [1.54, 1.807) is 0 Å². The molecule has 0 aliphatic rings. The zero-order valence-electron chi connectivity index (χ0n) is 8.98. The molecule has 0 saturated carbocycles. The van der Waals surface area contributed by atoms with Crippen molar-refractivity contribution in [2.75, 3.05) is 0 Å². The molecule has 0 aromatic heterocycles. The van der Waals surface area contributed by atoms with Crippen molar-refractivity contribution in [3.63, 3.8) is 0 Å². The van der Waals surface area contributed by atoms with Crippen LogP contribution in [-0.2, 0) is 6.42 Å². The van der Waals surface area contributed by atoms with Crippen LogP contribution in [0.2, 0.25) is 0 Å². The third kappa shape index (κ3) is 2.58. The second kappa shape index (κ2) is 4.45. The van der Waals surface area contributed by atoms with Crippen molar-refractivity contribution in [3.8, 4) is 0 Å².